The quantitative estimate of drug-likeness (QED) is 0.479. The van der Waals surface area contributed by atoms with Crippen LogP contribution in [0.4, 0.5) is 5.69 Å². The number of non-ortho nitro benzene ring substituents is 1. The Hall–Kier alpha value is -3.22. The molecule has 2 aromatic rings. The molecule has 1 amide bonds. The number of fused-ring (bicyclic) bond motifs is 1. The number of aldehydes is 1. The lowest BCUT2D eigenvalue weighted by atomic mass is 9.87. The van der Waals surface area contributed by atoms with Crippen LogP contribution in [0.3, 0.4) is 0 Å². The minimum absolute atomic E-state index is 0.0341. The van der Waals surface area contributed by atoms with E-state index in [1.165, 1.54) is 17.7 Å². The molecule has 0 radical (unpaired) electrons. The van der Waals surface area contributed by atoms with Crippen molar-refractivity contribution in [2.75, 3.05) is 0 Å². The van der Waals surface area contributed by atoms with Crippen molar-refractivity contribution in [2.45, 2.75) is 38.3 Å². The van der Waals surface area contributed by atoms with Gasteiger partial charge in [-0.15, -0.1) is 0 Å². The lowest BCUT2D eigenvalue weighted by molar-refractivity contribution is -0.384. The van der Waals surface area contributed by atoms with E-state index in [1.54, 1.807) is 6.92 Å². The molecule has 0 aliphatic heterocycles. The zero-order chi connectivity index (χ0) is 19.4. The van der Waals surface area contributed by atoms with Crippen molar-refractivity contribution in [3.8, 4) is 5.75 Å². The summed E-state index contributed by atoms with van der Waals surface area (Å²) in [6, 6.07) is 11.7. The fourth-order valence-corrected chi connectivity index (χ4v) is 3.29. The van der Waals surface area contributed by atoms with Crippen LogP contribution in [0.2, 0.25) is 0 Å². The van der Waals surface area contributed by atoms with Crippen molar-refractivity contribution < 1.29 is 19.2 Å². The van der Waals surface area contributed by atoms with E-state index in [-0.39, 0.29) is 28.9 Å². The predicted molar refractivity (Wildman–Crippen MR) is 98.8 cm³/mol. The second-order valence-corrected chi connectivity index (χ2v) is 6.51. The molecule has 0 fully saturated rings. The van der Waals surface area contributed by atoms with Gasteiger partial charge in [-0.05, 0) is 43.4 Å². The van der Waals surface area contributed by atoms with Crippen LogP contribution in [-0.4, -0.2) is 23.2 Å². The average molecular weight is 368 g/mol. The number of hydrogen-bond donors (Lipinski definition) is 1. The molecule has 0 unspecified atom stereocenters. The predicted octanol–water partition coefficient (Wildman–Crippen LogP) is 3.37. The molecule has 0 bridgehead atoms. The summed E-state index contributed by atoms with van der Waals surface area (Å²) in [5, 5.41) is 13.8. The van der Waals surface area contributed by atoms with Gasteiger partial charge in [-0.1, -0.05) is 24.3 Å². The van der Waals surface area contributed by atoms with Gasteiger partial charge in [-0.3, -0.25) is 19.7 Å². The van der Waals surface area contributed by atoms with Gasteiger partial charge in [-0.25, -0.2) is 0 Å². The summed E-state index contributed by atoms with van der Waals surface area (Å²) in [5.41, 5.74) is 2.18. The third-order valence-electron chi connectivity index (χ3n) is 4.69. The molecule has 7 heteroatoms. The number of ether oxygens (including phenoxy) is 1. The topological polar surface area (TPSA) is 98.5 Å². The zero-order valence-corrected chi connectivity index (χ0v) is 14.9. The molecular weight excluding hydrogens is 348 g/mol. The van der Waals surface area contributed by atoms with Gasteiger partial charge in [0.05, 0.1) is 16.5 Å². The van der Waals surface area contributed by atoms with Gasteiger partial charge < -0.3 is 10.1 Å². The summed E-state index contributed by atoms with van der Waals surface area (Å²) in [6.07, 6.45) is 2.48. The van der Waals surface area contributed by atoms with E-state index in [0.29, 0.717) is 6.29 Å². The highest BCUT2D eigenvalue weighted by molar-refractivity contribution is 5.83. The molecule has 1 N–H and O–H groups in total. The molecule has 2 aromatic carbocycles. The molecular formula is C20H20N2O5. The number of nitrogens with zero attached hydrogens (tertiary/aromatic N) is 1. The molecule has 27 heavy (non-hydrogen) atoms. The summed E-state index contributed by atoms with van der Waals surface area (Å²) in [7, 11) is 0. The smallest absolute Gasteiger partial charge is 0.270 e. The van der Waals surface area contributed by atoms with Gasteiger partial charge in [0, 0.05) is 12.1 Å². The fourth-order valence-electron chi connectivity index (χ4n) is 3.29. The standard InChI is InChI=1S/C20H20N2O5/c1-13(27-19-10-9-16(22(25)26)11-15(19)12-23)20(24)21-18-8-4-6-14-5-2-3-7-17(14)18/h2-3,5,7,9-13,18H,4,6,8H2,1H3,(H,21,24)/t13-,18-/m0/s1. The Kier molecular flexibility index (Phi) is 5.49. The molecule has 140 valence electrons. The summed E-state index contributed by atoms with van der Waals surface area (Å²) >= 11 is 0. The van der Waals surface area contributed by atoms with Crippen LogP contribution < -0.4 is 10.1 Å². The molecule has 0 aromatic heterocycles. The largest absolute Gasteiger partial charge is 0.480 e. The Morgan fingerprint density at radius 1 is 1.33 bits per heavy atom. The Morgan fingerprint density at radius 2 is 2.11 bits per heavy atom. The first-order valence-electron chi connectivity index (χ1n) is 8.78. The summed E-state index contributed by atoms with van der Waals surface area (Å²) < 4.78 is 5.60. The van der Waals surface area contributed by atoms with Gasteiger partial charge in [0.15, 0.2) is 12.4 Å². The van der Waals surface area contributed by atoms with Crippen molar-refractivity contribution in [3.05, 3.63) is 69.3 Å². The van der Waals surface area contributed by atoms with Crippen LogP contribution in [0, 0.1) is 10.1 Å². The first-order chi connectivity index (χ1) is 13.0. The normalized spacial score (nSPS) is 16.7. The molecule has 0 spiro atoms. The lowest BCUT2D eigenvalue weighted by Crippen LogP contribution is -2.39. The number of carbonyl (C=O) groups is 2. The maximum absolute atomic E-state index is 12.6. The number of hydrogen-bond acceptors (Lipinski definition) is 5. The third kappa shape index (κ3) is 4.13. The Labute approximate surface area is 156 Å². The number of carbonyl (C=O) groups excluding carboxylic acids is 2. The van der Waals surface area contributed by atoms with Crippen molar-refractivity contribution in [3.63, 3.8) is 0 Å². The third-order valence-corrected chi connectivity index (χ3v) is 4.69. The number of nitro benzene ring substituents is 1. The van der Waals surface area contributed by atoms with E-state index in [2.05, 4.69) is 11.4 Å². The lowest BCUT2D eigenvalue weighted by Gasteiger charge is -2.27. The molecule has 1 aliphatic rings. The van der Waals surface area contributed by atoms with Crippen LogP contribution in [0.25, 0.3) is 0 Å². The van der Waals surface area contributed by atoms with E-state index in [1.807, 2.05) is 18.2 Å². The van der Waals surface area contributed by atoms with Crippen molar-refractivity contribution >= 4 is 17.9 Å². The van der Waals surface area contributed by atoms with Crippen LogP contribution >= 0.6 is 0 Å². The number of rotatable bonds is 6. The highest BCUT2D eigenvalue weighted by Crippen LogP contribution is 2.30. The van der Waals surface area contributed by atoms with Crippen molar-refractivity contribution in [1.82, 2.24) is 5.32 Å². The fraction of sp³-hybridized carbons (Fsp3) is 0.300. The maximum Gasteiger partial charge on any atom is 0.270 e. The van der Waals surface area contributed by atoms with Crippen LogP contribution in [-0.2, 0) is 11.2 Å². The average Bonchev–Trinajstić information content (AvgIpc) is 2.68. The SMILES string of the molecule is C[C@H](Oc1ccc([N+](=O)[O-])cc1C=O)C(=O)N[C@H]1CCCc2ccccc21. The number of benzene rings is 2. The Morgan fingerprint density at radius 3 is 2.85 bits per heavy atom. The van der Waals surface area contributed by atoms with E-state index in [9.17, 15) is 19.7 Å². The number of nitro groups is 1. The summed E-state index contributed by atoms with van der Waals surface area (Å²) in [5.74, 6) is -0.158. The molecule has 2 atom stereocenters. The van der Waals surface area contributed by atoms with E-state index in [4.69, 9.17) is 4.74 Å². The van der Waals surface area contributed by atoms with E-state index < -0.39 is 11.0 Å². The van der Waals surface area contributed by atoms with Crippen molar-refractivity contribution in [1.29, 1.82) is 0 Å². The van der Waals surface area contributed by atoms with Gasteiger partial charge >= 0.3 is 0 Å². The van der Waals surface area contributed by atoms with Crippen LogP contribution in [0.1, 0.15) is 47.3 Å². The molecule has 3 rings (SSSR count). The molecule has 1 aliphatic carbocycles. The maximum atomic E-state index is 12.6. The second kappa shape index (κ2) is 7.99. The van der Waals surface area contributed by atoms with Crippen molar-refractivity contribution in [2.24, 2.45) is 0 Å². The summed E-state index contributed by atoms with van der Waals surface area (Å²) in [6.45, 7) is 1.58. The molecule has 0 heterocycles. The molecule has 0 saturated carbocycles. The molecule has 7 nitrogen and oxygen atoms in total. The number of amides is 1. The second-order valence-electron chi connectivity index (χ2n) is 6.51. The zero-order valence-electron chi connectivity index (χ0n) is 14.9. The first kappa shape index (κ1) is 18.6. The van der Waals surface area contributed by atoms with Gasteiger partial charge in [0.25, 0.3) is 11.6 Å². The summed E-state index contributed by atoms with van der Waals surface area (Å²) in [4.78, 5) is 34.0. The number of nitrogens with one attached hydrogen (secondary N) is 1. The monoisotopic (exact) mass is 368 g/mol. The highest BCUT2D eigenvalue weighted by atomic mass is 16.6. The molecule has 0 saturated heterocycles. The van der Waals surface area contributed by atoms with E-state index >= 15 is 0 Å². The van der Waals surface area contributed by atoms with Gasteiger partial charge in [-0.2, -0.15) is 0 Å². The minimum atomic E-state index is -0.848. The number of aryl methyl sites for hydroxylation is 1. The Bertz CT molecular complexity index is 880. The van der Waals surface area contributed by atoms with E-state index in [0.717, 1.165) is 30.9 Å². The van der Waals surface area contributed by atoms with Crippen LogP contribution in [0.5, 0.6) is 5.75 Å². The minimum Gasteiger partial charge on any atom is -0.480 e. The van der Waals surface area contributed by atoms with Crippen LogP contribution in [0.15, 0.2) is 42.5 Å². The highest BCUT2D eigenvalue weighted by Gasteiger charge is 2.25. The Balaban J connectivity index is 1.70. The van der Waals surface area contributed by atoms with Gasteiger partial charge in [0.1, 0.15) is 5.75 Å². The first-order valence-corrected chi connectivity index (χ1v) is 8.78. The van der Waals surface area contributed by atoms with Gasteiger partial charge in [0.2, 0.25) is 0 Å².